The van der Waals surface area contributed by atoms with E-state index in [0.717, 1.165) is 34.7 Å². The van der Waals surface area contributed by atoms with E-state index in [4.69, 9.17) is 14.9 Å². The van der Waals surface area contributed by atoms with Crippen molar-refractivity contribution in [2.45, 2.75) is 44.8 Å². The van der Waals surface area contributed by atoms with Crippen LogP contribution in [-0.2, 0) is 32.1 Å². The highest BCUT2D eigenvalue weighted by Crippen LogP contribution is 2.27. The lowest BCUT2D eigenvalue weighted by Crippen LogP contribution is -2.49. The van der Waals surface area contributed by atoms with Gasteiger partial charge in [-0.2, -0.15) is 0 Å². The number of rotatable bonds is 15. The molecule has 0 aromatic heterocycles. The van der Waals surface area contributed by atoms with Gasteiger partial charge in [0.25, 0.3) is 17.4 Å². The second kappa shape index (κ2) is 14.8. The number of unbranched alkanes of at least 4 members (excludes halogenated alkanes) is 2. The minimum atomic E-state index is -2.54. The number of nitrogens with zero attached hydrogens (tertiary/aromatic N) is 1. The van der Waals surface area contributed by atoms with Crippen molar-refractivity contribution in [3.05, 3.63) is 84.4 Å². The monoisotopic (exact) mass is 568 g/mol. The van der Waals surface area contributed by atoms with Crippen LogP contribution in [0.25, 0.3) is 11.1 Å². The van der Waals surface area contributed by atoms with Crippen LogP contribution in [0.2, 0.25) is 0 Å². The summed E-state index contributed by atoms with van der Waals surface area (Å²) < 4.78 is 29.1. The van der Waals surface area contributed by atoms with Crippen molar-refractivity contribution in [3.63, 3.8) is 0 Å². The topological polar surface area (TPSA) is 153 Å². The molecule has 0 spiro atoms. The van der Waals surface area contributed by atoms with Crippen LogP contribution in [0.3, 0.4) is 0 Å². The molecule has 3 aromatic rings. The third-order valence-corrected chi connectivity index (χ3v) is 6.92. The van der Waals surface area contributed by atoms with E-state index in [-0.39, 0.29) is 12.2 Å². The van der Waals surface area contributed by atoms with Gasteiger partial charge in [0.15, 0.2) is 0 Å². The number of ether oxygens (including phenoxy) is 1. The Labute approximate surface area is 235 Å². The van der Waals surface area contributed by atoms with Crippen molar-refractivity contribution in [1.29, 1.82) is 0 Å². The van der Waals surface area contributed by atoms with Crippen molar-refractivity contribution in [1.82, 2.24) is 5.32 Å². The molecule has 3 aromatic carbocycles. The lowest BCUT2D eigenvalue weighted by Gasteiger charge is -2.29. The molecule has 0 fully saturated rings. The minimum Gasteiger partial charge on any atom is -0.478 e. The normalized spacial score (nSPS) is 12.4. The Kier molecular flexibility index (Phi) is 11.2. The molecule has 10 nitrogen and oxygen atoms in total. The van der Waals surface area contributed by atoms with Crippen LogP contribution in [0.15, 0.2) is 78.9 Å². The lowest BCUT2D eigenvalue weighted by molar-refractivity contribution is -0.159. The number of carbonyl (C=O) groups excluding carboxylic acids is 1. The Morgan fingerprint density at radius 3 is 2.02 bits per heavy atom. The molecular formula is C29H32N2O8S. The van der Waals surface area contributed by atoms with Gasteiger partial charge in [-0.3, -0.25) is 13.7 Å². The Bertz CT molecular complexity index is 1290. The summed E-state index contributed by atoms with van der Waals surface area (Å²) in [6, 6.07) is 21.4. The third-order valence-electron chi connectivity index (χ3n) is 6.12. The SMILES string of the molecule is CCCCCNC(=O)C(Cc1ccc(OC(C(=O)O)C(=O)O)cc1)N(c1ccc(-c2ccccc2)cc1)S(=O)O. The van der Waals surface area contributed by atoms with Gasteiger partial charge in [-0.1, -0.05) is 74.4 Å². The Morgan fingerprint density at radius 2 is 1.48 bits per heavy atom. The van der Waals surface area contributed by atoms with Gasteiger partial charge in [-0.15, -0.1) is 0 Å². The van der Waals surface area contributed by atoms with Gasteiger partial charge < -0.3 is 20.3 Å². The van der Waals surface area contributed by atoms with Crippen molar-refractivity contribution in [2.75, 3.05) is 10.8 Å². The first kappa shape index (κ1) is 30.3. The highest BCUT2D eigenvalue weighted by molar-refractivity contribution is 7.80. The summed E-state index contributed by atoms with van der Waals surface area (Å²) in [4.78, 5) is 35.6. The highest BCUT2D eigenvalue weighted by atomic mass is 32.2. The number of carboxylic acids is 2. The fraction of sp³-hybridized carbons (Fsp3) is 0.276. The first-order valence-corrected chi connectivity index (χ1v) is 13.8. The molecule has 0 aliphatic rings. The van der Waals surface area contributed by atoms with Crippen molar-refractivity contribution >= 4 is 34.8 Å². The fourth-order valence-electron chi connectivity index (χ4n) is 4.07. The molecule has 0 radical (unpaired) electrons. The fourth-order valence-corrected chi connectivity index (χ4v) is 4.76. The zero-order valence-electron chi connectivity index (χ0n) is 21.9. The van der Waals surface area contributed by atoms with E-state index in [9.17, 15) is 23.1 Å². The average Bonchev–Trinajstić information content (AvgIpc) is 2.94. The summed E-state index contributed by atoms with van der Waals surface area (Å²) in [5.74, 6) is -3.70. The number of carboxylic acid groups (broad SMARTS) is 2. The zero-order valence-corrected chi connectivity index (χ0v) is 22.8. The van der Waals surface area contributed by atoms with Crippen LogP contribution >= 0.6 is 0 Å². The number of carbonyl (C=O) groups is 3. The number of nitrogens with one attached hydrogen (secondary N) is 1. The van der Waals surface area contributed by atoms with Crippen LogP contribution in [0.4, 0.5) is 5.69 Å². The maximum Gasteiger partial charge on any atom is 0.356 e. The van der Waals surface area contributed by atoms with Gasteiger partial charge in [0, 0.05) is 13.0 Å². The summed E-state index contributed by atoms with van der Waals surface area (Å²) in [6.07, 6.45) is 0.630. The Morgan fingerprint density at radius 1 is 0.875 bits per heavy atom. The van der Waals surface area contributed by atoms with Gasteiger partial charge in [0.1, 0.15) is 11.8 Å². The minimum absolute atomic E-state index is 0.0122. The van der Waals surface area contributed by atoms with E-state index in [1.807, 2.05) is 49.4 Å². The Hall–Kier alpha value is -4.22. The number of aliphatic carboxylic acids is 2. The molecule has 2 atom stereocenters. The molecule has 0 bridgehead atoms. The van der Waals surface area contributed by atoms with E-state index >= 15 is 0 Å². The Balaban J connectivity index is 1.87. The molecule has 0 aliphatic carbocycles. The maximum absolute atomic E-state index is 13.3. The van der Waals surface area contributed by atoms with Crippen molar-refractivity contribution in [3.8, 4) is 16.9 Å². The summed E-state index contributed by atoms with van der Waals surface area (Å²) >= 11 is -2.54. The summed E-state index contributed by atoms with van der Waals surface area (Å²) in [5.41, 5.74) is 2.84. The number of hydrogen-bond acceptors (Lipinski definition) is 5. The van der Waals surface area contributed by atoms with Crippen LogP contribution in [0, 0.1) is 0 Å². The molecule has 1 amide bonds. The van der Waals surface area contributed by atoms with Crippen LogP contribution in [-0.4, -0.2) is 55.5 Å². The molecule has 2 unspecified atom stereocenters. The molecule has 0 heterocycles. The standard InChI is InChI=1S/C29H32N2O8S/c1-2-3-7-18-30-27(32)25(19-20-10-16-24(17-11-20)39-26(28(33)34)29(35)36)31(40(37)38)23-14-12-22(13-15-23)21-8-5-4-6-9-21/h4-6,8-17,25-26H,2-3,7,18-19H2,1H3,(H,30,32)(H,33,34)(H,35,36)(H,37,38). The zero-order chi connectivity index (χ0) is 29.1. The van der Waals surface area contributed by atoms with Crippen LogP contribution in [0.1, 0.15) is 31.7 Å². The van der Waals surface area contributed by atoms with E-state index in [2.05, 4.69) is 5.32 Å². The molecule has 3 rings (SSSR count). The molecule has 0 aliphatic heterocycles. The van der Waals surface area contributed by atoms with Gasteiger partial charge in [-0.05, 0) is 47.4 Å². The first-order chi connectivity index (χ1) is 19.2. The largest absolute Gasteiger partial charge is 0.478 e. The molecular weight excluding hydrogens is 536 g/mol. The molecule has 212 valence electrons. The molecule has 0 saturated carbocycles. The highest BCUT2D eigenvalue weighted by Gasteiger charge is 2.31. The van der Waals surface area contributed by atoms with E-state index < -0.39 is 41.3 Å². The number of amides is 1. The third kappa shape index (κ3) is 8.39. The summed E-state index contributed by atoms with van der Waals surface area (Å²) in [7, 11) is 0. The second-order valence-corrected chi connectivity index (χ2v) is 9.86. The molecule has 4 N–H and O–H groups in total. The first-order valence-electron chi connectivity index (χ1n) is 12.8. The van der Waals surface area contributed by atoms with Gasteiger partial charge >= 0.3 is 11.9 Å². The maximum atomic E-state index is 13.3. The number of hydrogen-bond donors (Lipinski definition) is 4. The quantitative estimate of drug-likeness (QED) is 0.121. The lowest BCUT2D eigenvalue weighted by atomic mass is 10.0. The van der Waals surface area contributed by atoms with E-state index in [1.54, 1.807) is 24.3 Å². The second-order valence-electron chi connectivity index (χ2n) is 9.01. The van der Waals surface area contributed by atoms with Gasteiger partial charge in [-0.25, -0.2) is 13.8 Å². The van der Waals surface area contributed by atoms with Crippen LogP contribution in [0.5, 0.6) is 5.75 Å². The predicted octanol–water partition coefficient (Wildman–Crippen LogP) is 4.13. The van der Waals surface area contributed by atoms with Gasteiger partial charge in [0.2, 0.25) is 5.91 Å². The molecule has 0 saturated heterocycles. The molecule has 40 heavy (non-hydrogen) atoms. The van der Waals surface area contributed by atoms with Gasteiger partial charge in [0.05, 0.1) is 5.69 Å². The van der Waals surface area contributed by atoms with Crippen LogP contribution < -0.4 is 14.4 Å². The predicted molar refractivity (Wildman–Crippen MR) is 151 cm³/mol. The van der Waals surface area contributed by atoms with Crippen molar-refractivity contribution in [2.24, 2.45) is 0 Å². The van der Waals surface area contributed by atoms with E-state index in [1.165, 1.54) is 12.1 Å². The smallest absolute Gasteiger partial charge is 0.356 e. The summed E-state index contributed by atoms with van der Waals surface area (Å²) in [6.45, 7) is 2.46. The molecule has 11 heteroatoms. The summed E-state index contributed by atoms with van der Waals surface area (Å²) in [5, 5.41) is 20.9. The van der Waals surface area contributed by atoms with Crippen molar-refractivity contribution < 1.29 is 38.1 Å². The number of benzene rings is 3. The number of anilines is 1. The van der Waals surface area contributed by atoms with E-state index in [0.29, 0.717) is 17.8 Å². The average molecular weight is 569 g/mol.